The van der Waals surface area contributed by atoms with Gasteiger partial charge >= 0.3 is 0 Å². The van der Waals surface area contributed by atoms with Crippen LogP contribution >= 0.6 is 11.6 Å². The molecular formula is C13H11ClF2N2O2S. The number of hydrogen-bond donors (Lipinski definition) is 1. The Morgan fingerprint density at radius 1 is 1.14 bits per heavy atom. The molecule has 4 nitrogen and oxygen atoms in total. The highest BCUT2D eigenvalue weighted by atomic mass is 35.5. The average molecular weight is 333 g/mol. The van der Waals surface area contributed by atoms with Crippen LogP contribution in [0, 0.1) is 11.6 Å². The molecule has 0 radical (unpaired) electrons. The third-order valence-corrected chi connectivity index (χ3v) is 4.90. The van der Waals surface area contributed by atoms with Crippen molar-refractivity contribution in [2.45, 2.75) is 4.90 Å². The van der Waals surface area contributed by atoms with Gasteiger partial charge in [-0.1, -0.05) is 11.6 Å². The van der Waals surface area contributed by atoms with Gasteiger partial charge in [-0.25, -0.2) is 17.2 Å². The van der Waals surface area contributed by atoms with Gasteiger partial charge in [-0.05, 0) is 30.3 Å². The summed E-state index contributed by atoms with van der Waals surface area (Å²) in [7, 11) is -3.02. The number of hydrogen-bond acceptors (Lipinski definition) is 3. The molecule has 0 saturated heterocycles. The van der Waals surface area contributed by atoms with E-state index in [1.807, 2.05) is 0 Å². The molecule has 0 bridgehead atoms. The van der Waals surface area contributed by atoms with Crippen LogP contribution in [0.25, 0.3) is 0 Å². The van der Waals surface area contributed by atoms with Gasteiger partial charge in [0.15, 0.2) is 0 Å². The first kappa shape index (κ1) is 15.5. The van der Waals surface area contributed by atoms with Crippen molar-refractivity contribution in [3.05, 3.63) is 53.1 Å². The van der Waals surface area contributed by atoms with Gasteiger partial charge in [-0.3, -0.25) is 4.31 Å². The first-order chi connectivity index (χ1) is 9.73. The Kier molecular flexibility index (Phi) is 4.06. The minimum absolute atomic E-state index is 0.103. The number of nitrogens with zero attached hydrogens (tertiary/aromatic N) is 1. The molecular weight excluding hydrogens is 322 g/mol. The SMILES string of the molecule is CN(c1cc(Cl)ccc1N)S(=O)(=O)c1ccc(F)cc1F. The smallest absolute Gasteiger partial charge is 0.267 e. The van der Waals surface area contributed by atoms with Gasteiger partial charge in [0, 0.05) is 18.1 Å². The first-order valence-electron chi connectivity index (χ1n) is 5.72. The van der Waals surface area contributed by atoms with Gasteiger partial charge in [0.25, 0.3) is 10.0 Å². The molecule has 2 aromatic carbocycles. The van der Waals surface area contributed by atoms with Crippen molar-refractivity contribution in [3.8, 4) is 0 Å². The zero-order valence-corrected chi connectivity index (χ0v) is 12.4. The standard InChI is InChI=1S/C13H11ClF2N2O2S/c1-18(12-6-8(14)2-4-11(12)17)21(19,20)13-5-3-9(15)7-10(13)16/h2-7H,17H2,1H3. The molecule has 0 aliphatic rings. The molecule has 0 fully saturated rings. The molecule has 0 aliphatic heterocycles. The fraction of sp³-hybridized carbons (Fsp3) is 0.0769. The van der Waals surface area contributed by atoms with Gasteiger partial charge in [0.2, 0.25) is 0 Å². The molecule has 0 saturated carbocycles. The van der Waals surface area contributed by atoms with Gasteiger partial charge in [0.05, 0.1) is 11.4 Å². The molecule has 0 aliphatic carbocycles. The second kappa shape index (κ2) is 5.50. The van der Waals surface area contributed by atoms with Crippen LogP contribution in [0.2, 0.25) is 5.02 Å². The highest BCUT2D eigenvalue weighted by Crippen LogP contribution is 2.31. The summed E-state index contributed by atoms with van der Waals surface area (Å²) in [5.41, 5.74) is 5.97. The lowest BCUT2D eigenvalue weighted by molar-refractivity contribution is 0.548. The van der Waals surface area contributed by atoms with Crippen LogP contribution in [0.4, 0.5) is 20.2 Å². The van der Waals surface area contributed by atoms with Crippen molar-refractivity contribution < 1.29 is 17.2 Å². The minimum atomic E-state index is -4.23. The van der Waals surface area contributed by atoms with E-state index in [9.17, 15) is 17.2 Å². The van der Waals surface area contributed by atoms with Gasteiger partial charge in [-0.15, -0.1) is 0 Å². The summed E-state index contributed by atoms with van der Waals surface area (Å²) in [5.74, 6) is -2.04. The molecule has 8 heteroatoms. The second-order valence-electron chi connectivity index (χ2n) is 4.25. The predicted molar refractivity (Wildman–Crippen MR) is 77.8 cm³/mol. The summed E-state index contributed by atoms with van der Waals surface area (Å²) >= 11 is 5.81. The van der Waals surface area contributed by atoms with E-state index >= 15 is 0 Å². The van der Waals surface area contributed by atoms with E-state index in [1.54, 1.807) is 0 Å². The first-order valence-corrected chi connectivity index (χ1v) is 7.54. The average Bonchev–Trinajstić information content (AvgIpc) is 2.40. The summed E-state index contributed by atoms with van der Waals surface area (Å²) in [4.78, 5) is -0.647. The summed E-state index contributed by atoms with van der Waals surface area (Å²) < 4.78 is 52.2. The van der Waals surface area contributed by atoms with Crippen LogP contribution in [-0.4, -0.2) is 15.5 Å². The maximum atomic E-state index is 13.7. The Balaban J connectivity index is 2.55. The highest BCUT2D eigenvalue weighted by molar-refractivity contribution is 7.92. The Morgan fingerprint density at radius 3 is 2.43 bits per heavy atom. The molecule has 112 valence electrons. The van der Waals surface area contributed by atoms with Crippen LogP contribution in [0.5, 0.6) is 0 Å². The van der Waals surface area contributed by atoms with E-state index in [4.69, 9.17) is 17.3 Å². The molecule has 21 heavy (non-hydrogen) atoms. The lowest BCUT2D eigenvalue weighted by Crippen LogP contribution is -2.28. The zero-order chi connectivity index (χ0) is 15.8. The van der Waals surface area contributed by atoms with Crippen LogP contribution in [-0.2, 0) is 10.0 Å². The number of halogens is 3. The van der Waals surface area contributed by atoms with Crippen molar-refractivity contribution in [1.29, 1.82) is 0 Å². The van der Waals surface area contributed by atoms with Crippen molar-refractivity contribution in [2.75, 3.05) is 17.1 Å². The van der Waals surface area contributed by atoms with Crippen molar-refractivity contribution in [1.82, 2.24) is 0 Å². The Hall–Kier alpha value is -1.86. The summed E-state index contributed by atoms with van der Waals surface area (Å²) in [6, 6.07) is 6.50. The molecule has 0 aromatic heterocycles. The quantitative estimate of drug-likeness (QED) is 0.879. The maximum absolute atomic E-state index is 13.7. The van der Waals surface area contributed by atoms with Crippen molar-refractivity contribution >= 4 is 33.0 Å². The predicted octanol–water partition coefficient (Wildman–Crippen LogP) is 3.03. The molecule has 0 atom stereocenters. The number of nitrogen functional groups attached to an aromatic ring is 1. The second-order valence-corrected chi connectivity index (χ2v) is 6.62. The molecule has 0 heterocycles. The van der Waals surface area contributed by atoms with Gasteiger partial charge < -0.3 is 5.73 Å². The zero-order valence-electron chi connectivity index (χ0n) is 10.8. The highest BCUT2D eigenvalue weighted by Gasteiger charge is 2.26. The fourth-order valence-electron chi connectivity index (χ4n) is 1.75. The lowest BCUT2D eigenvalue weighted by atomic mass is 10.3. The monoisotopic (exact) mass is 332 g/mol. The normalized spacial score (nSPS) is 11.4. The number of sulfonamides is 1. The molecule has 0 spiro atoms. The van der Waals surface area contributed by atoms with E-state index < -0.39 is 26.6 Å². The Bertz CT molecular complexity index is 797. The fourth-order valence-corrected chi connectivity index (χ4v) is 3.17. The van der Waals surface area contributed by atoms with Crippen molar-refractivity contribution in [2.24, 2.45) is 0 Å². The molecule has 2 aromatic rings. The van der Waals surface area contributed by atoms with E-state index in [-0.39, 0.29) is 16.4 Å². The third kappa shape index (κ3) is 2.93. The van der Waals surface area contributed by atoms with Crippen LogP contribution in [0.1, 0.15) is 0 Å². The number of rotatable bonds is 3. The topological polar surface area (TPSA) is 63.4 Å². The van der Waals surface area contributed by atoms with E-state index in [0.717, 1.165) is 16.4 Å². The Morgan fingerprint density at radius 2 is 1.81 bits per heavy atom. The van der Waals surface area contributed by atoms with Crippen LogP contribution in [0.3, 0.4) is 0 Å². The number of benzene rings is 2. The van der Waals surface area contributed by atoms with Gasteiger partial charge in [0.1, 0.15) is 16.5 Å². The molecule has 0 unspecified atom stereocenters. The summed E-state index contributed by atoms with van der Waals surface area (Å²) in [5, 5.41) is 0.279. The number of nitrogens with two attached hydrogens (primary N) is 1. The molecule has 2 N–H and O–H groups in total. The minimum Gasteiger partial charge on any atom is -0.397 e. The van der Waals surface area contributed by atoms with E-state index in [0.29, 0.717) is 6.07 Å². The summed E-state index contributed by atoms with van der Waals surface area (Å²) in [6.45, 7) is 0. The molecule has 0 amide bonds. The lowest BCUT2D eigenvalue weighted by Gasteiger charge is -2.21. The van der Waals surface area contributed by atoms with Gasteiger partial charge in [-0.2, -0.15) is 0 Å². The Labute approximate surface area is 125 Å². The third-order valence-electron chi connectivity index (χ3n) is 2.86. The van der Waals surface area contributed by atoms with Crippen molar-refractivity contribution in [3.63, 3.8) is 0 Å². The van der Waals surface area contributed by atoms with E-state index in [1.165, 1.54) is 25.2 Å². The maximum Gasteiger partial charge on any atom is 0.267 e. The summed E-state index contributed by atoms with van der Waals surface area (Å²) in [6.07, 6.45) is 0. The number of anilines is 2. The largest absolute Gasteiger partial charge is 0.397 e. The van der Waals surface area contributed by atoms with E-state index in [2.05, 4.69) is 0 Å². The van der Waals surface area contributed by atoms with Crippen LogP contribution < -0.4 is 10.0 Å². The molecule has 2 rings (SSSR count). The van der Waals surface area contributed by atoms with Crippen LogP contribution in [0.15, 0.2) is 41.3 Å².